The summed E-state index contributed by atoms with van der Waals surface area (Å²) in [5.74, 6) is -1.87. The molecular weight excluding hydrogens is 392 g/mol. The molecule has 144 valence electrons. The van der Waals surface area contributed by atoms with Crippen LogP contribution in [0.15, 0.2) is 64.8 Å². The van der Waals surface area contributed by atoms with Gasteiger partial charge in [-0.1, -0.05) is 42.5 Å². The van der Waals surface area contributed by atoms with Gasteiger partial charge in [-0.05, 0) is 17.7 Å². The zero-order chi connectivity index (χ0) is 20.5. The van der Waals surface area contributed by atoms with E-state index in [1.54, 1.807) is 12.1 Å². The Morgan fingerprint density at radius 2 is 1.76 bits per heavy atom. The second-order valence-corrected chi connectivity index (χ2v) is 7.19. The number of carboxylic acid groups (broad SMARTS) is 2. The van der Waals surface area contributed by atoms with Gasteiger partial charge in [-0.15, -0.1) is 11.3 Å². The molecule has 29 heavy (non-hydrogen) atoms. The molecule has 0 amide bonds. The number of benzene rings is 2. The summed E-state index contributed by atoms with van der Waals surface area (Å²) in [6, 6.07) is 15.4. The molecule has 2 heterocycles. The molecule has 0 radical (unpaired) electrons. The molecule has 0 aliphatic carbocycles. The van der Waals surface area contributed by atoms with Crippen LogP contribution in [-0.2, 0) is 6.54 Å². The van der Waals surface area contributed by atoms with Crippen molar-refractivity contribution >= 4 is 33.5 Å². The quantitative estimate of drug-likeness (QED) is 0.524. The maximum absolute atomic E-state index is 13.3. The van der Waals surface area contributed by atoms with Gasteiger partial charge in [0.05, 0.1) is 23.1 Å². The van der Waals surface area contributed by atoms with Crippen molar-refractivity contribution in [2.75, 3.05) is 0 Å². The van der Waals surface area contributed by atoms with Gasteiger partial charge >= 0.3 is 11.9 Å². The molecule has 4 aromatic rings. The SMILES string of the molecule is O=C(O)c1cccc(Cn2c(-c3ccccc3)nc3scc(C(=O)O)c3c2=O)c1. The molecule has 0 saturated carbocycles. The molecule has 0 spiro atoms. The van der Waals surface area contributed by atoms with Crippen LogP contribution in [0.5, 0.6) is 0 Å². The van der Waals surface area contributed by atoms with Crippen LogP contribution in [0.4, 0.5) is 0 Å². The Bertz CT molecular complexity index is 1310. The number of hydrogen-bond donors (Lipinski definition) is 2. The Kier molecular flexibility index (Phi) is 4.69. The molecule has 0 fully saturated rings. The van der Waals surface area contributed by atoms with Gasteiger partial charge in [0.15, 0.2) is 0 Å². The molecule has 8 heteroatoms. The zero-order valence-corrected chi connectivity index (χ0v) is 15.7. The number of rotatable bonds is 5. The van der Waals surface area contributed by atoms with Crippen molar-refractivity contribution < 1.29 is 19.8 Å². The van der Waals surface area contributed by atoms with Crippen LogP contribution >= 0.6 is 11.3 Å². The maximum atomic E-state index is 13.3. The van der Waals surface area contributed by atoms with Crippen molar-refractivity contribution in [3.8, 4) is 11.4 Å². The van der Waals surface area contributed by atoms with E-state index < -0.39 is 17.5 Å². The van der Waals surface area contributed by atoms with Gasteiger partial charge in [0.1, 0.15) is 10.7 Å². The summed E-state index contributed by atoms with van der Waals surface area (Å²) in [7, 11) is 0. The van der Waals surface area contributed by atoms with Gasteiger partial charge in [-0.3, -0.25) is 9.36 Å². The molecule has 0 aliphatic rings. The van der Waals surface area contributed by atoms with Crippen LogP contribution in [0.1, 0.15) is 26.3 Å². The van der Waals surface area contributed by atoms with Crippen LogP contribution in [0.3, 0.4) is 0 Å². The number of aromatic nitrogens is 2. The lowest BCUT2D eigenvalue weighted by Crippen LogP contribution is -2.24. The molecule has 0 unspecified atom stereocenters. The Morgan fingerprint density at radius 3 is 2.45 bits per heavy atom. The van der Waals surface area contributed by atoms with Crippen molar-refractivity contribution in [2.24, 2.45) is 0 Å². The summed E-state index contributed by atoms with van der Waals surface area (Å²) < 4.78 is 1.39. The summed E-state index contributed by atoms with van der Waals surface area (Å²) in [5.41, 5.74) is 0.833. The van der Waals surface area contributed by atoms with Crippen LogP contribution in [0, 0.1) is 0 Å². The van der Waals surface area contributed by atoms with Gasteiger partial charge < -0.3 is 10.2 Å². The number of carboxylic acids is 2. The number of thiophene rings is 1. The van der Waals surface area contributed by atoms with E-state index in [1.165, 1.54) is 22.1 Å². The standard InChI is InChI=1S/C21H14N2O5S/c24-19-16-15(21(27)28)11-29-18(16)22-17(13-6-2-1-3-7-13)23(19)10-12-5-4-8-14(9-12)20(25)26/h1-9,11H,10H2,(H,25,26)(H,27,28). The van der Waals surface area contributed by atoms with Crippen molar-refractivity contribution in [2.45, 2.75) is 6.54 Å². The molecule has 4 rings (SSSR count). The van der Waals surface area contributed by atoms with Gasteiger partial charge in [-0.2, -0.15) is 0 Å². The lowest BCUT2D eigenvalue weighted by Gasteiger charge is -2.13. The Morgan fingerprint density at radius 1 is 1.00 bits per heavy atom. The highest BCUT2D eigenvalue weighted by atomic mass is 32.1. The summed E-state index contributed by atoms with van der Waals surface area (Å²) in [6.45, 7) is 0.0576. The molecule has 0 atom stereocenters. The van der Waals surface area contributed by atoms with E-state index in [-0.39, 0.29) is 23.1 Å². The fraction of sp³-hybridized carbons (Fsp3) is 0.0476. The highest BCUT2D eigenvalue weighted by Gasteiger charge is 2.20. The van der Waals surface area contributed by atoms with E-state index in [2.05, 4.69) is 4.98 Å². The van der Waals surface area contributed by atoms with E-state index in [4.69, 9.17) is 0 Å². The van der Waals surface area contributed by atoms with E-state index in [9.17, 15) is 24.6 Å². The number of fused-ring (bicyclic) bond motifs is 1. The molecular formula is C21H14N2O5S. The molecule has 2 N–H and O–H groups in total. The molecule has 0 bridgehead atoms. The van der Waals surface area contributed by atoms with Crippen LogP contribution in [-0.4, -0.2) is 31.7 Å². The first-order valence-electron chi connectivity index (χ1n) is 8.58. The average Bonchev–Trinajstić information content (AvgIpc) is 3.15. The molecule has 0 saturated heterocycles. The minimum Gasteiger partial charge on any atom is -0.478 e. The highest BCUT2D eigenvalue weighted by Crippen LogP contribution is 2.26. The highest BCUT2D eigenvalue weighted by molar-refractivity contribution is 7.17. The van der Waals surface area contributed by atoms with Crippen molar-refractivity contribution in [3.05, 3.63) is 87.0 Å². The Labute approximate surface area is 168 Å². The Hall–Kier alpha value is -3.78. The van der Waals surface area contributed by atoms with E-state index >= 15 is 0 Å². The predicted octanol–water partition coefficient (Wildman–Crippen LogP) is 3.57. The maximum Gasteiger partial charge on any atom is 0.337 e. The lowest BCUT2D eigenvalue weighted by atomic mass is 10.1. The summed E-state index contributed by atoms with van der Waals surface area (Å²) >= 11 is 1.10. The fourth-order valence-electron chi connectivity index (χ4n) is 3.12. The van der Waals surface area contributed by atoms with Crippen molar-refractivity contribution in [1.29, 1.82) is 0 Å². The van der Waals surface area contributed by atoms with Gasteiger partial charge in [-0.25, -0.2) is 14.6 Å². The number of hydrogen-bond acceptors (Lipinski definition) is 5. The van der Waals surface area contributed by atoms with E-state index in [0.29, 0.717) is 21.8 Å². The molecule has 7 nitrogen and oxygen atoms in total. The van der Waals surface area contributed by atoms with Crippen LogP contribution < -0.4 is 5.56 Å². The topological polar surface area (TPSA) is 109 Å². The third-order valence-corrected chi connectivity index (χ3v) is 5.34. The molecule has 2 aromatic heterocycles. The third-order valence-electron chi connectivity index (χ3n) is 4.47. The first-order chi connectivity index (χ1) is 14.0. The minimum absolute atomic E-state index is 0.0524. The lowest BCUT2D eigenvalue weighted by molar-refractivity contribution is 0.0687. The second kappa shape index (κ2) is 7.33. The van der Waals surface area contributed by atoms with E-state index in [0.717, 1.165) is 11.3 Å². The number of carbonyl (C=O) groups is 2. The first kappa shape index (κ1) is 18.6. The van der Waals surface area contributed by atoms with Gasteiger partial charge in [0.25, 0.3) is 5.56 Å². The number of nitrogens with zero attached hydrogens (tertiary/aromatic N) is 2. The summed E-state index contributed by atoms with van der Waals surface area (Å²) in [5, 5.41) is 20.1. The molecule has 0 aliphatic heterocycles. The predicted molar refractivity (Wildman–Crippen MR) is 109 cm³/mol. The number of aromatic carboxylic acids is 2. The monoisotopic (exact) mass is 406 g/mol. The minimum atomic E-state index is -1.19. The van der Waals surface area contributed by atoms with Crippen LogP contribution in [0.2, 0.25) is 0 Å². The van der Waals surface area contributed by atoms with Gasteiger partial charge in [0.2, 0.25) is 0 Å². The summed E-state index contributed by atoms with van der Waals surface area (Å²) in [6.07, 6.45) is 0. The smallest absolute Gasteiger partial charge is 0.337 e. The normalized spacial score (nSPS) is 10.9. The average molecular weight is 406 g/mol. The second-order valence-electron chi connectivity index (χ2n) is 6.33. The molecule has 2 aromatic carbocycles. The van der Waals surface area contributed by atoms with Gasteiger partial charge in [0, 0.05) is 10.9 Å². The Balaban J connectivity index is 1.97. The first-order valence-corrected chi connectivity index (χ1v) is 9.46. The zero-order valence-electron chi connectivity index (χ0n) is 14.9. The van der Waals surface area contributed by atoms with Crippen molar-refractivity contribution in [1.82, 2.24) is 9.55 Å². The summed E-state index contributed by atoms with van der Waals surface area (Å²) in [4.78, 5) is 41.0. The van der Waals surface area contributed by atoms with E-state index in [1.807, 2.05) is 30.3 Å². The third kappa shape index (κ3) is 3.41. The largest absolute Gasteiger partial charge is 0.478 e. The fourth-order valence-corrected chi connectivity index (χ4v) is 4.02. The van der Waals surface area contributed by atoms with Crippen molar-refractivity contribution in [3.63, 3.8) is 0 Å². The van der Waals surface area contributed by atoms with Crippen LogP contribution in [0.25, 0.3) is 21.6 Å².